The van der Waals surface area contributed by atoms with E-state index in [4.69, 9.17) is 0 Å². The first kappa shape index (κ1) is 25.1. The number of carbonyl (C=O) groups is 2. The van der Waals surface area contributed by atoms with E-state index >= 15 is 0 Å². The summed E-state index contributed by atoms with van der Waals surface area (Å²) in [5.41, 5.74) is 7.47. The number of aromatic amines is 1. The number of benzene rings is 4. The number of H-pyrrole nitrogens is 1. The lowest BCUT2D eigenvalue weighted by Crippen LogP contribution is -2.19. The summed E-state index contributed by atoms with van der Waals surface area (Å²) in [5.74, 6) is -0.963. The van der Waals surface area contributed by atoms with Crippen molar-refractivity contribution in [3.8, 4) is 11.3 Å². The summed E-state index contributed by atoms with van der Waals surface area (Å²) in [6, 6.07) is 25.7. The minimum atomic E-state index is -3.93. The van der Waals surface area contributed by atoms with Gasteiger partial charge in [-0.25, -0.2) is 13.8 Å². The van der Waals surface area contributed by atoms with Crippen molar-refractivity contribution in [2.45, 2.75) is 11.8 Å². The topological polar surface area (TPSA) is 133 Å². The molecule has 198 valence electrons. The molecule has 0 radical (unpaired) electrons. The highest BCUT2D eigenvalue weighted by Gasteiger charge is 2.23. The fourth-order valence-electron chi connectivity index (χ4n) is 4.68. The Hall–Kier alpha value is -5.22. The Morgan fingerprint density at radius 1 is 0.900 bits per heavy atom. The Bertz CT molecular complexity index is 1930. The van der Waals surface area contributed by atoms with Gasteiger partial charge in [-0.3, -0.25) is 14.3 Å². The summed E-state index contributed by atoms with van der Waals surface area (Å²) in [5, 5.41) is 7.57. The molecule has 0 unspecified atom stereocenters. The molecule has 0 saturated heterocycles. The molecule has 1 aliphatic rings. The van der Waals surface area contributed by atoms with Crippen LogP contribution in [-0.2, 0) is 10.0 Å². The van der Waals surface area contributed by atoms with E-state index in [1.165, 1.54) is 24.3 Å². The number of amides is 2. The summed E-state index contributed by atoms with van der Waals surface area (Å²) in [6.45, 7) is 1.86. The predicted octanol–water partition coefficient (Wildman–Crippen LogP) is 5.27. The zero-order valence-electron chi connectivity index (χ0n) is 21.2. The summed E-state index contributed by atoms with van der Waals surface area (Å²) in [4.78, 5) is 29.7. The van der Waals surface area contributed by atoms with Crippen LogP contribution < -0.4 is 15.5 Å². The van der Waals surface area contributed by atoms with Gasteiger partial charge < -0.3 is 10.3 Å². The number of anilines is 2. The number of para-hydroxylation sites is 1. The van der Waals surface area contributed by atoms with E-state index < -0.39 is 21.8 Å². The van der Waals surface area contributed by atoms with E-state index in [1.54, 1.807) is 42.6 Å². The maximum Gasteiger partial charge on any atom is 0.272 e. The largest absolute Gasteiger partial charge is 0.354 e. The number of carbonyl (C=O) groups excluding carboxylic acids is 2. The number of aromatic nitrogens is 1. The fourth-order valence-corrected chi connectivity index (χ4v) is 5.76. The molecule has 9 nitrogen and oxygen atoms in total. The Labute approximate surface area is 230 Å². The number of hydrazone groups is 1. The van der Waals surface area contributed by atoms with Crippen LogP contribution in [0.2, 0.25) is 0 Å². The third-order valence-electron chi connectivity index (χ3n) is 6.61. The smallest absolute Gasteiger partial charge is 0.272 e. The highest BCUT2D eigenvalue weighted by Crippen LogP contribution is 2.35. The second-order valence-corrected chi connectivity index (χ2v) is 11.0. The van der Waals surface area contributed by atoms with Crippen LogP contribution in [-0.4, -0.2) is 31.4 Å². The van der Waals surface area contributed by atoms with E-state index in [0.717, 1.165) is 22.4 Å². The molecule has 10 heteroatoms. The summed E-state index contributed by atoms with van der Waals surface area (Å²) in [7, 11) is -3.93. The van der Waals surface area contributed by atoms with Crippen molar-refractivity contribution in [3.63, 3.8) is 0 Å². The van der Waals surface area contributed by atoms with Gasteiger partial charge in [-0.2, -0.15) is 5.10 Å². The van der Waals surface area contributed by atoms with E-state index in [1.807, 2.05) is 37.3 Å². The minimum Gasteiger partial charge on any atom is -0.354 e. The number of sulfonamides is 1. The van der Waals surface area contributed by atoms with Crippen molar-refractivity contribution < 1.29 is 18.0 Å². The average molecular weight is 550 g/mol. The monoisotopic (exact) mass is 549 g/mol. The highest BCUT2D eigenvalue weighted by atomic mass is 32.2. The average Bonchev–Trinajstić information content (AvgIpc) is 3.22. The van der Waals surface area contributed by atoms with Gasteiger partial charge in [-0.1, -0.05) is 60.2 Å². The number of nitrogens with zero attached hydrogens (tertiary/aromatic N) is 1. The normalized spacial score (nSPS) is 12.6. The fraction of sp³-hybridized carbons (Fsp3) is 0.0333. The van der Waals surface area contributed by atoms with E-state index in [9.17, 15) is 18.0 Å². The molecule has 40 heavy (non-hydrogen) atoms. The second-order valence-electron chi connectivity index (χ2n) is 9.34. The molecule has 0 saturated carbocycles. The van der Waals surface area contributed by atoms with E-state index in [2.05, 4.69) is 25.6 Å². The molecule has 4 N–H and O–H groups in total. The molecule has 0 bridgehead atoms. The van der Waals surface area contributed by atoms with Gasteiger partial charge in [-0.15, -0.1) is 0 Å². The first-order valence-corrected chi connectivity index (χ1v) is 13.9. The van der Waals surface area contributed by atoms with Gasteiger partial charge in [0.05, 0.1) is 33.6 Å². The van der Waals surface area contributed by atoms with Gasteiger partial charge in [-0.05, 0) is 48.9 Å². The summed E-state index contributed by atoms with van der Waals surface area (Å²) < 4.78 is 28.5. The molecular weight excluding hydrogens is 526 g/mol. The number of hydrogen-bond donors (Lipinski definition) is 4. The molecule has 1 aliphatic heterocycles. The van der Waals surface area contributed by atoms with Crippen molar-refractivity contribution in [3.05, 3.63) is 113 Å². The van der Waals surface area contributed by atoms with Crippen molar-refractivity contribution in [2.75, 3.05) is 10.0 Å². The van der Waals surface area contributed by atoms with Crippen LogP contribution in [0.25, 0.3) is 22.2 Å². The number of hydrogen-bond acceptors (Lipinski definition) is 5. The Kier molecular flexibility index (Phi) is 6.16. The van der Waals surface area contributed by atoms with Gasteiger partial charge in [0.25, 0.3) is 21.8 Å². The van der Waals surface area contributed by atoms with Crippen LogP contribution in [0.3, 0.4) is 0 Å². The molecule has 2 heterocycles. The van der Waals surface area contributed by atoms with E-state index in [-0.39, 0.29) is 16.1 Å². The van der Waals surface area contributed by atoms with Gasteiger partial charge in [0.1, 0.15) is 0 Å². The van der Waals surface area contributed by atoms with Crippen LogP contribution in [0.15, 0.2) is 101 Å². The molecule has 1 aromatic heterocycles. The molecule has 0 aliphatic carbocycles. The quantitative estimate of drug-likeness (QED) is 0.230. The van der Waals surface area contributed by atoms with Crippen LogP contribution in [0.1, 0.15) is 31.8 Å². The number of rotatable bonds is 6. The second kappa shape index (κ2) is 9.83. The standard InChI is InChI=1S/C30H23N5O4S/c1-18-11-13-21(14-12-18)40(38,39)35-25-10-6-5-9-22(25)29(36)32-20-15-23-27-24(17-31-34-30(23)37)28(33-26(27)16-20)19-7-3-2-4-8-19/h2-17,33,35H,1H3,(H,32,36)(H,34,37). The molecule has 0 fully saturated rings. The maximum absolute atomic E-state index is 13.4. The van der Waals surface area contributed by atoms with Crippen LogP contribution in [0.4, 0.5) is 11.4 Å². The highest BCUT2D eigenvalue weighted by molar-refractivity contribution is 7.92. The molecule has 0 spiro atoms. The molecule has 5 aromatic rings. The van der Waals surface area contributed by atoms with Crippen molar-refractivity contribution in [2.24, 2.45) is 5.10 Å². The van der Waals surface area contributed by atoms with Crippen LogP contribution in [0, 0.1) is 6.92 Å². The predicted molar refractivity (Wildman–Crippen MR) is 155 cm³/mol. The number of nitrogens with one attached hydrogen (secondary N) is 4. The summed E-state index contributed by atoms with van der Waals surface area (Å²) in [6.07, 6.45) is 1.60. The first-order chi connectivity index (χ1) is 19.3. The van der Waals surface area contributed by atoms with Gasteiger partial charge in [0.2, 0.25) is 0 Å². The van der Waals surface area contributed by atoms with Gasteiger partial charge in [0, 0.05) is 22.2 Å². The number of aryl methyl sites for hydroxylation is 1. The maximum atomic E-state index is 13.4. The Morgan fingerprint density at radius 3 is 2.40 bits per heavy atom. The van der Waals surface area contributed by atoms with Gasteiger partial charge >= 0.3 is 0 Å². The van der Waals surface area contributed by atoms with Crippen molar-refractivity contribution in [1.29, 1.82) is 0 Å². The van der Waals surface area contributed by atoms with Crippen molar-refractivity contribution >= 4 is 50.3 Å². The first-order valence-electron chi connectivity index (χ1n) is 12.4. The Morgan fingerprint density at radius 2 is 1.62 bits per heavy atom. The third kappa shape index (κ3) is 4.61. The van der Waals surface area contributed by atoms with E-state index in [0.29, 0.717) is 22.2 Å². The van der Waals surface area contributed by atoms with Crippen LogP contribution in [0.5, 0.6) is 0 Å². The lowest BCUT2D eigenvalue weighted by atomic mass is 10.0. The lowest BCUT2D eigenvalue weighted by molar-refractivity contribution is 0.0955. The van der Waals surface area contributed by atoms with Gasteiger partial charge in [0.15, 0.2) is 0 Å². The van der Waals surface area contributed by atoms with Crippen LogP contribution >= 0.6 is 0 Å². The molecule has 0 atom stereocenters. The molecule has 2 amide bonds. The summed E-state index contributed by atoms with van der Waals surface area (Å²) >= 11 is 0. The third-order valence-corrected chi connectivity index (χ3v) is 7.99. The lowest BCUT2D eigenvalue weighted by Gasteiger charge is -2.13. The zero-order chi connectivity index (χ0) is 27.9. The molecule has 6 rings (SSSR count). The SMILES string of the molecule is Cc1ccc(S(=O)(=O)Nc2ccccc2C(=O)Nc2cc3c4c(c(-c5ccccc5)[nH]c4c2)C=NNC3=O)cc1. The molecule has 4 aromatic carbocycles. The zero-order valence-corrected chi connectivity index (χ0v) is 22.0. The molecular formula is C30H23N5O4S. The van der Waals surface area contributed by atoms with Crippen molar-refractivity contribution in [1.82, 2.24) is 10.4 Å². The minimum absolute atomic E-state index is 0.0823. The Balaban J connectivity index is 1.36.